The summed E-state index contributed by atoms with van der Waals surface area (Å²) in [7, 11) is 0. The predicted octanol–water partition coefficient (Wildman–Crippen LogP) is 3.11. The van der Waals surface area contributed by atoms with Crippen LogP contribution in [0, 0.1) is 12.3 Å². The van der Waals surface area contributed by atoms with Crippen LogP contribution in [0.3, 0.4) is 0 Å². The highest BCUT2D eigenvalue weighted by molar-refractivity contribution is 7.13. The number of aliphatic hydroxyl groups is 1. The van der Waals surface area contributed by atoms with E-state index in [-0.39, 0.29) is 32.4 Å². The summed E-state index contributed by atoms with van der Waals surface area (Å²) < 4.78 is 20.6. The number of amides is 3. The average Bonchev–Trinajstić information content (AvgIpc) is 3.35. The fourth-order valence-electron chi connectivity index (χ4n) is 5.08. The van der Waals surface area contributed by atoms with Gasteiger partial charge in [0.15, 0.2) is 5.67 Å². The van der Waals surface area contributed by atoms with Crippen molar-refractivity contribution in [1.82, 2.24) is 25.8 Å². The molecule has 1 aromatic carbocycles. The van der Waals surface area contributed by atoms with Crippen molar-refractivity contribution in [2.24, 2.45) is 5.41 Å². The van der Waals surface area contributed by atoms with Crippen LogP contribution in [-0.2, 0) is 20.9 Å². The minimum Gasteiger partial charge on any atom is -0.492 e. The lowest BCUT2D eigenvalue weighted by atomic mass is 9.85. The predicted molar refractivity (Wildman–Crippen MR) is 163 cm³/mol. The summed E-state index contributed by atoms with van der Waals surface area (Å²) in [5.74, 6) is -1.13. The van der Waals surface area contributed by atoms with Crippen LogP contribution < -0.4 is 20.7 Å². The molecule has 1 aliphatic carbocycles. The second kappa shape index (κ2) is 13.3. The molecule has 1 aromatic heterocycles. The lowest BCUT2D eigenvalue weighted by molar-refractivity contribution is -0.145. The average molecular weight is 618 g/mol. The van der Waals surface area contributed by atoms with E-state index in [1.54, 1.807) is 37.6 Å². The van der Waals surface area contributed by atoms with E-state index in [2.05, 4.69) is 34.8 Å². The Kier molecular flexibility index (Phi) is 10.1. The minimum absolute atomic E-state index is 0.0553. The Bertz CT molecular complexity index is 1320. The van der Waals surface area contributed by atoms with Gasteiger partial charge in [-0.15, -0.1) is 11.3 Å². The summed E-state index contributed by atoms with van der Waals surface area (Å²) in [4.78, 5) is 46.4. The fraction of sp³-hybridized carbons (Fsp3) is 0.613. The molecule has 236 valence electrons. The van der Waals surface area contributed by atoms with Gasteiger partial charge in [-0.3, -0.25) is 14.4 Å². The summed E-state index contributed by atoms with van der Waals surface area (Å²) in [5, 5.41) is 19.3. The number of nitrogens with zero attached hydrogens (tertiary/aromatic N) is 2. The second-order valence-electron chi connectivity index (χ2n) is 12.9. The maximum absolute atomic E-state index is 14.4. The van der Waals surface area contributed by atoms with Crippen molar-refractivity contribution >= 4 is 29.1 Å². The molecule has 4 N–H and O–H groups in total. The first-order valence-corrected chi connectivity index (χ1v) is 15.7. The van der Waals surface area contributed by atoms with Crippen molar-refractivity contribution in [2.75, 3.05) is 19.7 Å². The van der Waals surface area contributed by atoms with Gasteiger partial charge in [-0.25, -0.2) is 9.37 Å². The maximum Gasteiger partial charge on any atom is 0.258 e. The topological polar surface area (TPSA) is 133 Å². The smallest absolute Gasteiger partial charge is 0.258 e. The van der Waals surface area contributed by atoms with Crippen molar-refractivity contribution in [2.45, 2.75) is 97.2 Å². The second-order valence-corrected chi connectivity index (χ2v) is 13.8. The molecule has 2 heterocycles. The van der Waals surface area contributed by atoms with Gasteiger partial charge in [-0.2, -0.15) is 0 Å². The molecule has 43 heavy (non-hydrogen) atoms. The molecule has 0 bridgehead atoms. The molecule has 3 amide bonds. The summed E-state index contributed by atoms with van der Waals surface area (Å²) >= 11 is 1.54. The largest absolute Gasteiger partial charge is 0.492 e. The van der Waals surface area contributed by atoms with E-state index in [1.807, 2.05) is 25.1 Å². The van der Waals surface area contributed by atoms with Crippen LogP contribution in [0.2, 0.25) is 0 Å². The number of β-amino-alcohol motifs (C(OH)–C–C–N with tert-alkyl or cyclic N) is 1. The van der Waals surface area contributed by atoms with E-state index in [9.17, 15) is 23.9 Å². The first kappa shape index (κ1) is 32.8. The number of aryl methyl sites for hydroxylation is 1. The number of ether oxygens (including phenoxy) is 1. The fourth-order valence-corrected chi connectivity index (χ4v) is 5.88. The summed E-state index contributed by atoms with van der Waals surface area (Å²) in [5.41, 5.74) is 1.76. The molecule has 2 aliphatic rings. The molecule has 0 unspecified atom stereocenters. The van der Waals surface area contributed by atoms with E-state index < -0.39 is 47.0 Å². The number of benzene rings is 1. The molecule has 3 atom stereocenters. The standard InChI is InChI=1S/C31H44FN5O5S/c1-18(2)33-11-12-42-24-13-20(25-19(3)35-17-43-25)7-8-21(24)15-34-27(39)23-14-22(38)16-37(23)28(40)26(30(4,5)6)36-29(41)31(32)9-10-31/h7-8,13,17-18,22-23,26,33,38H,9-12,14-16H2,1-6H3,(H,34,39)(H,36,41)/t22-,23+,26-/m1/s1. The van der Waals surface area contributed by atoms with Crippen molar-refractivity contribution < 1.29 is 28.6 Å². The molecule has 2 aromatic rings. The Morgan fingerprint density at radius 1 is 1.26 bits per heavy atom. The normalized spacial score (nSPS) is 20.2. The van der Waals surface area contributed by atoms with E-state index in [4.69, 9.17) is 4.74 Å². The van der Waals surface area contributed by atoms with Crippen molar-refractivity contribution in [1.29, 1.82) is 0 Å². The number of hydrogen-bond donors (Lipinski definition) is 4. The molecule has 0 radical (unpaired) electrons. The summed E-state index contributed by atoms with van der Waals surface area (Å²) in [6.07, 6.45) is -0.589. The maximum atomic E-state index is 14.4. The van der Waals surface area contributed by atoms with E-state index in [0.717, 1.165) is 21.7 Å². The SMILES string of the molecule is Cc1ncsc1-c1ccc(CNC(=O)[C@@H]2C[C@@H](O)CN2C(=O)[C@@H](NC(=O)C2(F)CC2)C(C)(C)C)c(OCCNC(C)C)c1. The van der Waals surface area contributed by atoms with Gasteiger partial charge in [-0.1, -0.05) is 46.8 Å². The van der Waals surface area contributed by atoms with Gasteiger partial charge in [0.05, 0.1) is 22.2 Å². The number of rotatable bonds is 12. The highest BCUT2D eigenvalue weighted by Gasteiger charge is 2.53. The number of alkyl halides is 1. The van der Waals surface area contributed by atoms with Crippen LogP contribution in [0.25, 0.3) is 10.4 Å². The molecule has 10 nitrogen and oxygen atoms in total. The van der Waals surface area contributed by atoms with Gasteiger partial charge in [0, 0.05) is 37.7 Å². The zero-order valence-corrected chi connectivity index (χ0v) is 26.6. The van der Waals surface area contributed by atoms with Gasteiger partial charge in [0.25, 0.3) is 5.91 Å². The highest BCUT2D eigenvalue weighted by atomic mass is 32.1. The van der Waals surface area contributed by atoms with Crippen molar-refractivity contribution in [3.63, 3.8) is 0 Å². The number of likely N-dealkylation sites (tertiary alicyclic amines) is 1. The number of nitrogens with one attached hydrogen (secondary N) is 3. The van der Waals surface area contributed by atoms with E-state index in [0.29, 0.717) is 24.9 Å². The van der Waals surface area contributed by atoms with Gasteiger partial charge < -0.3 is 30.7 Å². The molecule has 1 saturated carbocycles. The third-order valence-corrected chi connectivity index (χ3v) is 8.77. The monoisotopic (exact) mass is 617 g/mol. The number of aliphatic hydroxyl groups excluding tert-OH is 1. The first-order valence-electron chi connectivity index (χ1n) is 14.9. The van der Waals surface area contributed by atoms with Crippen LogP contribution in [-0.4, -0.2) is 82.3 Å². The summed E-state index contributed by atoms with van der Waals surface area (Å²) in [6.45, 7) is 12.6. The number of thiazole rings is 1. The number of halogens is 1. The minimum atomic E-state index is -1.94. The first-order chi connectivity index (χ1) is 20.2. The lowest BCUT2D eigenvalue weighted by Crippen LogP contribution is -2.59. The van der Waals surface area contributed by atoms with Crippen LogP contribution in [0.15, 0.2) is 23.7 Å². The van der Waals surface area contributed by atoms with Crippen molar-refractivity contribution in [3.8, 4) is 16.2 Å². The molecule has 0 spiro atoms. The number of carbonyl (C=O) groups excluding carboxylic acids is 3. The molecular formula is C31H44FN5O5S. The highest BCUT2D eigenvalue weighted by Crippen LogP contribution is 2.40. The van der Waals surface area contributed by atoms with Crippen LogP contribution in [0.4, 0.5) is 4.39 Å². The Morgan fingerprint density at radius 2 is 1.98 bits per heavy atom. The van der Waals surface area contributed by atoms with E-state index >= 15 is 0 Å². The molecule has 1 aliphatic heterocycles. The van der Waals surface area contributed by atoms with E-state index in [1.165, 1.54) is 4.90 Å². The molecule has 1 saturated heterocycles. The third-order valence-electron chi connectivity index (χ3n) is 7.79. The zero-order valence-electron chi connectivity index (χ0n) is 25.8. The Morgan fingerprint density at radius 3 is 2.58 bits per heavy atom. The van der Waals surface area contributed by atoms with Gasteiger partial charge in [-0.05, 0) is 36.8 Å². The molecule has 4 rings (SSSR count). The number of carbonyl (C=O) groups is 3. The Hall–Kier alpha value is -3.09. The van der Waals surface area contributed by atoms with Crippen LogP contribution in [0.1, 0.15) is 65.1 Å². The van der Waals surface area contributed by atoms with Gasteiger partial charge in [0.2, 0.25) is 11.8 Å². The Labute approximate surface area is 256 Å². The molecule has 12 heteroatoms. The zero-order chi connectivity index (χ0) is 31.5. The van der Waals surface area contributed by atoms with Crippen molar-refractivity contribution in [3.05, 3.63) is 35.0 Å². The molecule has 2 fully saturated rings. The Balaban J connectivity index is 1.48. The third kappa shape index (κ3) is 8.10. The summed E-state index contributed by atoms with van der Waals surface area (Å²) in [6, 6.07) is 4.13. The number of aromatic nitrogens is 1. The molecular weight excluding hydrogens is 573 g/mol. The number of hydrogen-bond acceptors (Lipinski definition) is 8. The van der Waals surface area contributed by atoms with Crippen LogP contribution >= 0.6 is 11.3 Å². The van der Waals surface area contributed by atoms with Crippen LogP contribution in [0.5, 0.6) is 5.75 Å². The lowest BCUT2D eigenvalue weighted by Gasteiger charge is -2.35. The van der Waals surface area contributed by atoms with Gasteiger partial charge >= 0.3 is 0 Å². The van der Waals surface area contributed by atoms with Gasteiger partial charge in [0.1, 0.15) is 24.4 Å². The quantitative estimate of drug-likeness (QED) is 0.269.